The van der Waals surface area contributed by atoms with Crippen LogP contribution in [0, 0.1) is 0 Å². The molecule has 7 heteroatoms. The third kappa shape index (κ3) is 7.44. The highest BCUT2D eigenvalue weighted by Gasteiger charge is 2.16. The highest BCUT2D eigenvalue weighted by molar-refractivity contribution is 5.85. The molecule has 0 aliphatic rings. The predicted molar refractivity (Wildman–Crippen MR) is 61.6 cm³/mol. The summed E-state index contributed by atoms with van der Waals surface area (Å²) in [6.45, 7) is 0.930. The van der Waals surface area contributed by atoms with E-state index in [-0.39, 0.29) is 31.4 Å². The van der Waals surface area contributed by atoms with Gasteiger partial charge in [-0.3, -0.25) is 9.59 Å². The second-order valence-corrected chi connectivity index (χ2v) is 2.91. The molecule has 0 rings (SSSR count). The lowest BCUT2D eigenvalue weighted by Gasteiger charge is -2.20. The Balaban J connectivity index is 0. The average Bonchev–Trinajstić information content (AvgIpc) is 2.24. The number of amides is 1. The quantitative estimate of drug-likeness (QED) is 0.607. The number of nitrogens with one attached hydrogen (secondary N) is 1. The number of methoxy groups -OCH3 is 2. The molecular formula is C9H19ClN2O4. The van der Waals surface area contributed by atoms with Crippen LogP contribution >= 0.6 is 12.4 Å². The number of halogens is 1. The van der Waals surface area contributed by atoms with E-state index in [1.165, 1.54) is 12.0 Å². The van der Waals surface area contributed by atoms with Crippen molar-refractivity contribution in [3.63, 3.8) is 0 Å². The number of carbonyl (C=O) groups is 2. The predicted octanol–water partition coefficient (Wildman–Crippen LogP) is -0.724. The third-order valence-electron chi connectivity index (χ3n) is 1.79. The lowest BCUT2D eigenvalue weighted by Crippen LogP contribution is -2.42. The Morgan fingerprint density at radius 3 is 2.38 bits per heavy atom. The number of esters is 1. The maximum Gasteiger partial charge on any atom is 0.325 e. The molecule has 0 heterocycles. The van der Waals surface area contributed by atoms with Crippen LogP contribution in [-0.4, -0.2) is 64.3 Å². The molecule has 0 spiro atoms. The molecule has 0 saturated heterocycles. The molecule has 6 nitrogen and oxygen atoms in total. The van der Waals surface area contributed by atoms with Gasteiger partial charge in [0.15, 0.2) is 0 Å². The first-order valence-electron chi connectivity index (χ1n) is 4.63. The Labute approximate surface area is 102 Å². The van der Waals surface area contributed by atoms with E-state index in [9.17, 15) is 9.59 Å². The molecule has 1 N–H and O–H groups in total. The van der Waals surface area contributed by atoms with Crippen LogP contribution < -0.4 is 5.32 Å². The zero-order valence-corrected chi connectivity index (χ0v) is 10.6. The fraction of sp³-hybridized carbons (Fsp3) is 0.778. The van der Waals surface area contributed by atoms with Gasteiger partial charge in [0.1, 0.15) is 6.54 Å². The molecule has 0 atom stereocenters. The summed E-state index contributed by atoms with van der Waals surface area (Å²) in [5, 5.41) is 2.73. The van der Waals surface area contributed by atoms with Gasteiger partial charge in [-0.15, -0.1) is 12.4 Å². The van der Waals surface area contributed by atoms with Crippen molar-refractivity contribution in [2.45, 2.75) is 0 Å². The van der Waals surface area contributed by atoms with Gasteiger partial charge in [0.05, 0.1) is 20.3 Å². The first-order chi connectivity index (χ1) is 7.15. The molecule has 0 saturated carbocycles. The van der Waals surface area contributed by atoms with Crippen molar-refractivity contribution < 1.29 is 19.1 Å². The molecule has 0 aromatic heterocycles. The molecule has 96 valence electrons. The Morgan fingerprint density at radius 2 is 1.94 bits per heavy atom. The molecule has 0 aliphatic heterocycles. The van der Waals surface area contributed by atoms with Crippen LogP contribution in [0.4, 0.5) is 0 Å². The highest BCUT2D eigenvalue weighted by Crippen LogP contribution is 1.91. The van der Waals surface area contributed by atoms with Gasteiger partial charge in [-0.2, -0.15) is 0 Å². The van der Waals surface area contributed by atoms with Crippen LogP contribution in [0.2, 0.25) is 0 Å². The first kappa shape index (κ1) is 17.5. The maximum atomic E-state index is 11.5. The van der Waals surface area contributed by atoms with Crippen LogP contribution in [0.25, 0.3) is 0 Å². The van der Waals surface area contributed by atoms with Crippen LogP contribution in [0.5, 0.6) is 0 Å². The lowest BCUT2D eigenvalue weighted by atomic mass is 10.4. The standard InChI is InChI=1S/C9H18N2O4.ClH/c1-10-6-8(12)11(4-5-14-2)7-9(13)15-3;/h10H,4-7H2,1-3H3;1H. The Morgan fingerprint density at radius 1 is 1.31 bits per heavy atom. The zero-order valence-electron chi connectivity index (χ0n) is 9.82. The molecule has 0 unspecified atom stereocenters. The fourth-order valence-electron chi connectivity index (χ4n) is 0.977. The zero-order chi connectivity index (χ0) is 11.7. The molecule has 1 amide bonds. The summed E-state index contributed by atoms with van der Waals surface area (Å²) in [7, 11) is 4.50. The van der Waals surface area contributed by atoms with Gasteiger partial charge in [-0.1, -0.05) is 0 Å². The number of hydrogen-bond donors (Lipinski definition) is 1. The Hall–Kier alpha value is -0.850. The number of likely N-dealkylation sites (N-methyl/N-ethyl adjacent to an activating group) is 1. The Kier molecular flexibility index (Phi) is 11.7. The first-order valence-corrected chi connectivity index (χ1v) is 4.63. The molecule has 0 aromatic carbocycles. The minimum Gasteiger partial charge on any atom is -0.468 e. The van der Waals surface area contributed by atoms with Crippen LogP contribution in [0.1, 0.15) is 0 Å². The summed E-state index contributed by atoms with van der Waals surface area (Å²) in [6, 6.07) is 0. The summed E-state index contributed by atoms with van der Waals surface area (Å²) < 4.78 is 9.34. The number of ether oxygens (including phenoxy) is 2. The molecule has 16 heavy (non-hydrogen) atoms. The van der Waals surface area contributed by atoms with Crippen LogP contribution in [-0.2, 0) is 19.1 Å². The summed E-state index contributed by atoms with van der Waals surface area (Å²) in [4.78, 5) is 23.9. The lowest BCUT2D eigenvalue weighted by molar-refractivity contribution is -0.147. The van der Waals surface area contributed by atoms with Crippen molar-refractivity contribution in [1.29, 1.82) is 0 Å². The van der Waals surface area contributed by atoms with Gasteiger partial charge in [0.25, 0.3) is 0 Å². The van der Waals surface area contributed by atoms with E-state index in [1.807, 2.05) is 0 Å². The normalized spacial score (nSPS) is 9.19. The van der Waals surface area contributed by atoms with E-state index in [4.69, 9.17) is 4.74 Å². The molecule has 0 aromatic rings. The second-order valence-electron chi connectivity index (χ2n) is 2.91. The van der Waals surface area contributed by atoms with Crippen molar-refractivity contribution in [3.8, 4) is 0 Å². The summed E-state index contributed by atoms with van der Waals surface area (Å²) >= 11 is 0. The fourth-order valence-corrected chi connectivity index (χ4v) is 0.977. The Bertz CT molecular complexity index is 214. The van der Waals surface area contributed by atoms with Crippen molar-refractivity contribution in [2.75, 3.05) is 47.5 Å². The van der Waals surface area contributed by atoms with Gasteiger partial charge in [-0.05, 0) is 7.05 Å². The van der Waals surface area contributed by atoms with E-state index in [0.29, 0.717) is 13.2 Å². The van der Waals surface area contributed by atoms with Gasteiger partial charge < -0.3 is 19.7 Å². The van der Waals surface area contributed by atoms with Crippen LogP contribution in [0.3, 0.4) is 0 Å². The van der Waals surface area contributed by atoms with Crippen LogP contribution in [0.15, 0.2) is 0 Å². The monoisotopic (exact) mass is 254 g/mol. The van der Waals surface area contributed by atoms with Crippen molar-refractivity contribution in [3.05, 3.63) is 0 Å². The molecular weight excluding hydrogens is 236 g/mol. The van der Waals surface area contributed by atoms with Gasteiger partial charge in [0, 0.05) is 13.7 Å². The average molecular weight is 255 g/mol. The SMILES string of the molecule is CNCC(=O)N(CCOC)CC(=O)OC.Cl. The van der Waals surface area contributed by atoms with E-state index < -0.39 is 5.97 Å². The minimum absolute atomic E-state index is 0. The smallest absolute Gasteiger partial charge is 0.325 e. The van der Waals surface area contributed by atoms with E-state index >= 15 is 0 Å². The maximum absolute atomic E-state index is 11.5. The number of carbonyl (C=O) groups excluding carboxylic acids is 2. The summed E-state index contributed by atoms with van der Waals surface area (Å²) in [5.74, 6) is -0.587. The molecule has 0 radical (unpaired) electrons. The topological polar surface area (TPSA) is 67.9 Å². The van der Waals surface area contributed by atoms with Crippen molar-refractivity contribution >= 4 is 24.3 Å². The van der Waals surface area contributed by atoms with E-state index in [2.05, 4.69) is 10.1 Å². The molecule has 0 aliphatic carbocycles. The van der Waals surface area contributed by atoms with E-state index in [1.54, 1.807) is 14.2 Å². The van der Waals surface area contributed by atoms with Gasteiger partial charge in [0.2, 0.25) is 5.91 Å². The molecule has 0 bridgehead atoms. The minimum atomic E-state index is -0.435. The van der Waals surface area contributed by atoms with Gasteiger partial charge >= 0.3 is 5.97 Å². The van der Waals surface area contributed by atoms with E-state index in [0.717, 1.165) is 0 Å². The number of hydrogen-bond acceptors (Lipinski definition) is 5. The van der Waals surface area contributed by atoms with Crippen molar-refractivity contribution in [2.24, 2.45) is 0 Å². The summed E-state index contributed by atoms with van der Waals surface area (Å²) in [6.07, 6.45) is 0. The second kappa shape index (κ2) is 10.7. The van der Waals surface area contributed by atoms with Crippen molar-refractivity contribution in [1.82, 2.24) is 10.2 Å². The van der Waals surface area contributed by atoms with Gasteiger partial charge in [-0.25, -0.2) is 0 Å². The number of rotatable bonds is 7. The summed E-state index contributed by atoms with van der Waals surface area (Å²) in [5.41, 5.74) is 0. The largest absolute Gasteiger partial charge is 0.468 e. The number of nitrogens with zero attached hydrogens (tertiary/aromatic N) is 1. The highest BCUT2D eigenvalue weighted by atomic mass is 35.5. The molecule has 0 fully saturated rings. The third-order valence-corrected chi connectivity index (χ3v) is 1.79.